The second-order valence-electron chi connectivity index (χ2n) is 5.37. The molecule has 5 heteroatoms. The first kappa shape index (κ1) is 12.9. The monoisotopic (exact) mass is 248 g/mol. The Balaban J connectivity index is 2.40. The molecule has 1 aliphatic rings. The Morgan fingerprint density at radius 2 is 2.07 bits per heavy atom. The van der Waals surface area contributed by atoms with Crippen molar-refractivity contribution in [1.82, 2.24) is 0 Å². The van der Waals surface area contributed by atoms with Crippen LogP contribution < -0.4 is 0 Å². The molecular formula is C10H20O3SSi. The molecule has 0 aromatic rings. The lowest BCUT2D eigenvalue weighted by molar-refractivity contribution is 0.135. The molecule has 0 aromatic heterocycles. The molecule has 0 N–H and O–H groups in total. The fraction of sp³-hybridized carbons (Fsp3) is 0.900. The lowest BCUT2D eigenvalue weighted by Crippen LogP contribution is -2.42. The summed E-state index contributed by atoms with van der Waals surface area (Å²) in [7, 11) is -1.67. The molecule has 0 saturated carbocycles. The minimum atomic E-state index is -1.67. The molecule has 1 heterocycles. The van der Waals surface area contributed by atoms with Crippen molar-refractivity contribution in [3.8, 4) is 0 Å². The molecule has 88 valence electrons. The maximum Gasteiger partial charge on any atom is 0.352 e. The Hall–Kier alpha value is -0.133. The molecule has 1 rings (SSSR count). The first-order valence-electron chi connectivity index (χ1n) is 5.20. The van der Waals surface area contributed by atoms with Crippen LogP contribution in [0.5, 0.6) is 0 Å². The van der Waals surface area contributed by atoms with Gasteiger partial charge in [-0.3, -0.25) is 0 Å². The fourth-order valence-corrected chi connectivity index (χ4v) is 2.20. The van der Waals surface area contributed by atoms with Crippen molar-refractivity contribution >= 4 is 25.8 Å². The third-order valence-electron chi connectivity index (χ3n) is 3.09. The summed E-state index contributed by atoms with van der Waals surface area (Å²) in [5.74, 6) is 0. The number of thiocarbonyl (C=S) groups is 1. The average molecular weight is 248 g/mol. The van der Waals surface area contributed by atoms with Crippen molar-refractivity contribution in [3.05, 3.63) is 0 Å². The van der Waals surface area contributed by atoms with Crippen molar-refractivity contribution in [2.24, 2.45) is 0 Å². The van der Waals surface area contributed by atoms with Crippen LogP contribution in [0.2, 0.25) is 18.1 Å². The van der Waals surface area contributed by atoms with E-state index in [9.17, 15) is 0 Å². The largest absolute Gasteiger partial charge is 0.453 e. The van der Waals surface area contributed by atoms with Gasteiger partial charge in [-0.25, -0.2) is 0 Å². The molecule has 15 heavy (non-hydrogen) atoms. The molecule has 0 radical (unpaired) electrons. The van der Waals surface area contributed by atoms with Crippen LogP contribution in [0.25, 0.3) is 0 Å². The van der Waals surface area contributed by atoms with E-state index in [1.807, 2.05) is 0 Å². The maximum absolute atomic E-state index is 6.00. The van der Waals surface area contributed by atoms with Gasteiger partial charge in [-0.05, 0) is 18.1 Å². The summed E-state index contributed by atoms with van der Waals surface area (Å²) < 4.78 is 16.3. The van der Waals surface area contributed by atoms with Gasteiger partial charge in [0.25, 0.3) is 0 Å². The predicted molar refractivity (Wildman–Crippen MR) is 66.6 cm³/mol. The number of hydrogen-bond acceptors (Lipinski definition) is 4. The second kappa shape index (κ2) is 4.39. The molecule has 3 nitrogen and oxygen atoms in total. The number of ether oxygens (including phenoxy) is 2. The quantitative estimate of drug-likeness (QED) is 0.567. The summed E-state index contributed by atoms with van der Waals surface area (Å²) >= 11 is 4.79. The molecule has 0 bridgehead atoms. The average Bonchev–Trinajstić information content (AvgIpc) is 2.46. The van der Waals surface area contributed by atoms with E-state index in [2.05, 4.69) is 33.9 Å². The highest BCUT2D eigenvalue weighted by Gasteiger charge is 2.38. The Morgan fingerprint density at radius 1 is 1.47 bits per heavy atom. The molecule has 0 spiro atoms. The third-order valence-corrected chi connectivity index (χ3v) is 7.80. The highest BCUT2D eigenvalue weighted by molar-refractivity contribution is 7.79. The Bertz CT molecular complexity index is 248. The molecule has 1 fully saturated rings. The summed E-state index contributed by atoms with van der Waals surface area (Å²) in [5.41, 5.74) is 0. The molecule has 0 aromatic carbocycles. The van der Waals surface area contributed by atoms with Crippen LogP contribution in [-0.2, 0) is 13.9 Å². The molecule has 1 unspecified atom stereocenters. The lowest BCUT2D eigenvalue weighted by atomic mass is 10.2. The summed E-state index contributed by atoms with van der Waals surface area (Å²) in [6, 6.07) is 0. The van der Waals surface area contributed by atoms with Crippen LogP contribution in [0.4, 0.5) is 0 Å². The van der Waals surface area contributed by atoms with Crippen molar-refractivity contribution in [2.75, 3.05) is 13.2 Å². The standard InChI is InChI=1S/C10H20O3SSi/c1-10(2,3)15(4,5)12-7-8-6-11-9(14)13-8/h8H,6-7H2,1-5H3. The van der Waals surface area contributed by atoms with E-state index < -0.39 is 8.32 Å². The van der Waals surface area contributed by atoms with Gasteiger partial charge in [0.05, 0.1) is 6.61 Å². The van der Waals surface area contributed by atoms with Crippen LogP contribution in [-0.4, -0.2) is 32.9 Å². The first-order valence-corrected chi connectivity index (χ1v) is 8.51. The number of rotatable bonds is 3. The summed E-state index contributed by atoms with van der Waals surface area (Å²) in [6.45, 7) is 12.2. The van der Waals surface area contributed by atoms with Gasteiger partial charge in [-0.15, -0.1) is 0 Å². The highest BCUT2D eigenvalue weighted by atomic mass is 32.1. The van der Waals surface area contributed by atoms with Crippen molar-refractivity contribution in [2.45, 2.75) is 45.0 Å². The summed E-state index contributed by atoms with van der Waals surface area (Å²) in [4.78, 5) is 0. The summed E-state index contributed by atoms with van der Waals surface area (Å²) in [6.07, 6.45) is -0.0216. The van der Waals surface area contributed by atoms with Gasteiger partial charge in [-0.2, -0.15) is 0 Å². The molecule has 0 aliphatic carbocycles. The fourth-order valence-electron chi connectivity index (χ4n) is 0.965. The zero-order chi connectivity index (χ0) is 11.7. The molecule has 0 amide bonds. The van der Waals surface area contributed by atoms with E-state index in [1.54, 1.807) is 0 Å². The van der Waals surface area contributed by atoms with Crippen LogP contribution in [0, 0.1) is 0 Å². The lowest BCUT2D eigenvalue weighted by Gasteiger charge is -2.36. The van der Waals surface area contributed by atoms with Crippen molar-refractivity contribution < 1.29 is 13.9 Å². The zero-order valence-electron chi connectivity index (χ0n) is 10.1. The highest BCUT2D eigenvalue weighted by Crippen LogP contribution is 2.36. The first-order chi connectivity index (χ1) is 6.72. The van der Waals surface area contributed by atoms with Crippen molar-refractivity contribution in [3.63, 3.8) is 0 Å². The Labute approximate surface area is 98.2 Å². The van der Waals surface area contributed by atoms with Gasteiger partial charge in [0.15, 0.2) is 14.4 Å². The smallest absolute Gasteiger partial charge is 0.352 e. The minimum Gasteiger partial charge on any atom is -0.453 e. The second-order valence-corrected chi connectivity index (χ2v) is 10.5. The third kappa shape index (κ3) is 3.43. The van der Waals surface area contributed by atoms with Gasteiger partial charge in [0.2, 0.25) is 0 Å². The molecule has 1 atom stereocenters. The van der Waals surface area contributed by atoms with E-state index in [1.165, 1.54) is 0 Å². The molecule has 1 saturated heterocycles. The van der Waals surface area contributed by atoms with E-state index in [0.717, 1.165) is 0 Å². The van der Waals surface area contributed by atoms with Crippen LogP contribution in [0.1, 0.15) is 20.8 Å². The molecule has 1 aliphatic heterocycles. The van der Waals surface area contributed by atoms with Gasteiger partial charge >= 0.3 is 5.24 Å². The SMILES string of the molecule is CC(C)(C)[Si](C)(C)OCC1COC(=S)O1. The van der Waals surface area contributed by atoms with Gasteiger partial charge in [-0.1, -0.05) is 20.8 Å². The number of hydrogen-bond donors (Lipinski definition) is 0. The van der Waals surface area contributed by atoms with Gasteiger partial charge < -0.3 is 13.9 Å². The minimum absolute atomic E-state index is 0.0216. The van der Waals surface area contributed by atoms with Crippen LogP contribution >= 0.6 is 12.2 Å². The zero-order valence-corrected chi connectivity index (χ0v) is 11.9. The van der Waals surface area contributed by atoms with Crippen molar-refractivity contribution in [1.29, 1.82) is 0 Å². The van der Waals surface area contributed by atoms with Crippen LogP contribution in [0.15, 0.2) is 0 Å². The summed E-state index contributed by atoms with van der Waals surface area (Å²) in [5, 5.41) is 0.478. The van der Waals surface area contributed by atoms with E-state index in [-0.39, 0.29) is 16.4 Å². The van der Waals surface area contributed by atoms with E-state index >= 15 is 0 Å². The normalized spacial score (nSPS) is 22.5. The Morgan fingerprint density at radius 3 is 2.47 bits per heavy atom. The van der Waals surface area contributed by atoms with E-state index in [4.69, 9.17) is 26.1 Å². The molecular weight excluding hydrogens is 228 g/mol. The maximum atomic E-state index is 6.00. The topological polar surface area (TPSA) is 27.7 Å². The Kier molecular flexibility index (Phi) is 3.79. The van der Waals surface area contributed by atoms with Gasteiger partial charge in [0, 0.05) is 12.2 Å². The predicted octanol–water partition coefficient (Wildman–Crippen LogP) is 2.71. The van der Waals surface area contributed by atoms with E-state index in [0.29, 0.717) is 13.2 Å². The van der Waals surface area contributed by atoms with Gasteiger partial charge in [0.1, 0.15) is 6.61 Å². The van der Waals surface area contributed by atoms with Crippen LogP contribution in [0.3, 0.4) is 0 Å².